The van der Waals surface area contributed by atoms with E-state index in [1.54, 1.807) is 0 Å². The van der Waals surface area contributed by atoms with Crippen molar-refractivity contribution in [2.45, 2.75) is 68.0 Å². The zero-order valence-electron chi connectivity index (χ0n) is 17.9. The van der Waals surface area contributed by atoms with Crippen LogP contribution in [0.4, 0.5) is 14.5 Å². The molecule has 8 heteroatoms. The molecule has 0 spiro atoms. The lowest BCUT2D eigenvalue weighted by molar-refractivity contribution is -0.132. The van der Waals surface area contributed by atoms with Crippen LogP contribution < -0.4 is 10.6 Å². The van der Waals surface area contributed by atoms with Crippen molar-refractivity contribution in [2.75, 3.05) is 18.4 Å². The maximum Gasteiger partial charge on any atom is 0.268 e. The van der Waals surface area contributed by atoms with E-state index < -0.39 is 30.8 Å². The Kier molecular flexibility index (Phi) is 4.90. The summed E-state index contributed by atoms with van der Waals surface area (Å²) < 4.78 is 27.5. The van der Waals surface area contributed by atoms with Gasteiger partial charge in [0.2, 0.25) is 5.91 Å². The molecule has 1 heterocycles. The fourth-order valence-electron chi connectivity index (χ4n) is 7.11. The molecule has 5 aliphatic rings. The highest BCUT2D eigenvalue weighted by molar-refractivity contribution is 5.79. The molecule has 1 saturated heterocycles. The average molecular weight is 440 g/mol. The molecule has 32 heavy (non-hydrogen) atoms. The monoisotopic (exact) mass is 439 g/mol. The molecule has 1 aromatic rings. The van der Waals surface area contributed by atoms with Crippen LogP contribution in [0.1, 0.15) is 50.5 Å². The Bertz CT molecular complexity index is 981. The van der Waals surface area contributed by atoms with Crippen LogP contribution in [0.2, 0.25) is 0 Å². The molecule has 1 aromatic carbocycles. The van der Waals surface area contributed by atoms with Gasteiger partial charge in [0.15, 0.2) is 0 Å². The van der Waals surface area contributed by atoms with Gasteiger partial charge in [-0.15, -0.1) is 0 Å². The Morgan fingerprint density at radius 2 is 1.72 bits per heavy atom. The number of carbonyl (C=O) groups excluding carboxylic acids is 1. The summed E-state index contributed by atoms with van der Waals surface area (Å²) in [6, 6.07) is 10.4. The summed E-state index contributed by atoms with van der Waals surface area (Å²) in [6.07, 6.45) is 5.63. The SMILES string of the molecule is N#Cc1ccc(NC23CC4CC(CC(NCC(=O)N5CC(F)(F)C[C@H]5C#N)(C4)C2)C3)cc1. The summed E-state index contributed by atoms with van der Waals surface area (Å²) in [5.41, 5.74) is 1.36. The highest BCUT2D eigenvalue weighted by Gasteiger charge is 2.58. The first kappa shape index (κ1) is 21.2. The topological polar surface area (TPSA) is 91.9 Å². The highest BCUT2D eigenvalue weighted by Crippen LogP contribution is 2.58. The van der Waals surface area contributed by atoms with Gasteiger partial charge in [0.1, 0.15) is 6.04 Å². The molecule has 0 aromatic heterocycles. The van der Waals surface area contributed by atoms with E-state index in [4.69, 9.17) is 5.26 Å². The predicted octanol–water partition coefficient (Wildman–Crippen LogP) is 3.41. The van der Waals surface area contributed by atoms with Crippen LogP contribution in [0.5, 0.6) is 0 Å². The highest BCUT2D eigenvalue weighted by atomic mass is 19.3. The zero-order valence-corrected chi connectivity index (χ0v) is 17.9. The van der Waals surface area contributed by atoms with Gasteiger partial charge in [-0.1, -0.05) is 0 Å². The van der Waals surface area contributed by atoms with Crippen LogP contribution in [-0.4, -0.2) is 46.9 Å². The lowest BCUT2D eigenvalue weighted by Crippen LogP contribution is -2.67. The Morgan fingerprint density at radius 1 is 1.06 bits per heavy atom. The second-order valence-corrected chi connectivity index (χ2v) is 10.4. The second-order valence-electron chi connectivity index (χ2n) is 10.4. The summed E-state index contributed by atoms with van der Waals surface area (Å²) in [5, 5.41) is 25.5. The zero-order chi connectivity index (χ0) is 22.6. The van der Waals surface area contributed by atoms with Crippen LogP contribution in [0.25, 0.3) is 0 Å². The molecule has 3 atom stereocenters. The number of likely N-dealkylation sites (tertiary alicyclic amines) is 1. The first-order valence-corrected chi connectivity index (χ1v) is 11.3. The number of carbonyl (C=O) groups is 1. The number of benzene rings is 1. The fourth-order valence-corrected chi connectivity index (χ4v) is 7.11. The van der Waals surface area contributed by atoms with Crippen molar-refractivity contribution < 1.29 is 13.6 Å². The summed E-state index contributed by atoms with van der Waals surface area (Å²) in [7, 11) is 0. The van der Waals surface area contributed by atoms with Gasteiger partial charge in [-0.3, -0.25) is 4.79 Å². The van der Waals surface area contributed by atoms with E-state index in [1.165, 1.54) is 6.42 Å². The number of hydrogen-bond donors (Lipinski definition) is 2. The van der Waals surface area contributed by atoms with Gasteiger partial charge < -0.3 is 15.5 Å². The van der Waals surface area contributed by atoms with Crippen molar-refractivity contribution in [3.05, 3.63) is 29.8 Å². The predicted molar refractivity (Wildman–Crippen MR) is 114 cm³/mol. The molecule has 168 valence electrons. The van der Waals surface area contributed by atoms with E-state index in [2.05, 4.69) is 16.7 Å². The molecule has 6 nitrogen and oxygen atoms in total. The number of alkyl halides is 2. The van der Waals surface area contributed by atoms with Crippen molar-refractivity contribution in [1.82, 2.24) is 10.2 Å². The first-order chi connectivity index (χ1) is 15.2. The lowest BCUT2D eigenvalue weighted by Gasteiger charge is -2.62. The summed E-state index contributed by atoms with van der Waals surface area (Å²) >= 11 is 0. The molecule has 0 radical (unpaired) electrons. The normalized spacial score (nSPS) is 36.5. The number of amides is 1. The van der Waals surface area contributed by atoms with Gasteiger partial charge in [-0.2, -0.15) is 10.5 Å². The maximum atomic E-state index is 13.8. The third-order valence-electron chi connectivity index (χ3n) is 7.84. The van der Waals surface area contributed by atoms with E-state index in [0.717, 1.165) is 42.7 Å². The molecule has 1 aliphatic heterocycles. The minimum absolute atomic E-state index is 0.0132. The Labute approximate surface area is 186 Å². The number of nitriles is 2. The number of nitrogens with zero attached hydrogens (tertiary/aromatic N) is 3. The summed E-state index contributed by atoms with van der Waals surface area (Å²) in [6.45, 7) is -0.686. The van der Waals surface area contributed by atoms with Gasteiger partial charge in [0, 0.05) is 23.2 Å². The fraction of sp³-hybridized carbons (Fsp3) is 0.625. The van der Waals surface area contributed by atoms with Crippen LogP contribution >= 0.6 is 0 Å². The van der Waals surface area contributed by atoms with E-state index >= 15 is 0 Å². The quantitative estimate of drug-likeness (QED) is 0.734. The molecule has 5 fully saturated rings. The average Bonchev–Trinajstić information content (AvgIpc) is 3.06. The van der Waals surface area contributed by atoms with Crippen molar-refractivity contribution in [1.29, 1.82) is 10.5 Å². The van der Waals surface area contributed by atoms with Crippen molar-refractivity contribution >= 4 is 11.6 Å². The number of anilines is 1. The third-order valence-corrected chi connectivity index (χ3v) is 7.84. The van der Waals surface area contributed by atoms with Crippen LogP contribution in [-0.2, 0) is 4.79 Å². The number of hydrogen-bond acceptors (Lipinski definition) is 5. The molecule has 1 amide bonds. The lowest BCUT2D eigenvalue weighted by atomic mass is 9.50. The van der Waals surface area contributed by atoms with E-state index in [9.17, 15) is 18.8 Å². The van der Waals surface area contributed by atoms with E-state index in [0.29, 0.717) is 17.4 Å². The Balaban J connectivity index is 1.29. The first-order valence-electron chi connectivity index (χ1n) is 11.3. The van der Waals surface area contributed by atoms with Gasteiger partial charge in [-0.05, 0) is 74.6 Å². The molecule has 4 bridgehead atoms. The minimum Gasteiger partial charge on any atom is -0.380 e. The molecule has 6 rings (SSSR count). The largest absolute Gasteiger partial charge is 0.380 e. The number of halogens is 2. The Morgan fingerprint density at radius 3 is 2.34 bits per heavy atom. The molecule has 4 saturated carbocycles. The minimum atomic E-state index is -2.99. The smallest absolute Gasteiger partial charge is 0.268 e. The second kappa shape index (κ2) is 7.42. The number of rotatable bonds is 5. The Hall–Kier alpha value is -2.71. The van der Waals surface area contributed by atoms with Crippen LogP contribution in [0.15, 0.2) is 24.3 Å². The third kappa shape index (κ3) is 3.82. The van der Waals surface area contributed by atoms with Gasteiger partial charge in [0.25, 0.3) is 5.92 Å². The molecule has 2 N–H and O–H groups in total. The van der Waals surface area contributed by atoms with Gasteiger partial charge >= 0.3 is 0 Å². The van der Waals surface area contributed by atoms with Crippen molar-refractivity contribution in [3.63, 3.8) is 0 Å². The van der Waals surface area contributed by atoms with Gasteiger partial charge in [0.05, 0.1) is 30.8 Å². The molecular formula is C24H27F2N5O. The van der Waals surface area contributed by atoms with Crippen molar-refractivity contribution in [2.24, 2.45) is 11.8 Å². The van der Waals surface area contributed by atoms with Gasteiger partial charge in [-0.25, -0.2) is 8.78 Å². The number of nitrogens with one attached hydrogen (secondary N) is 2. The molecular weight excluding hydrogens is 412 g/mol. The maximum absolute atomic E-state index is 13.8. The van der Waals surface area contributed by atoms with E-state index in [-0.39, 0.29) is 17.6 Å². The molecule has 2 unspecified atom stereocenters. The summed E-state index contributed by atoms with van der Waals surface area (Å²) in [4.78, 5) is 13.8. The van der Waals surface area contributed by atoms with Crippen molar-refractivity contribution in [3.8, 4) is 12.1 Å². The standard InChI is InChI=1S/C24H27F2N5O/c25-24(26)10-20(12-28)31(15-24)21(32)13-29-22-6-17-5-18(7-22)9-23(8-17,14-22)30-19-3-1-16(11-27)2-4-19/h1-4,17-18,20,29-30H,5-10,13-15H2/t17?,18?,20-,22?,23?/m0/s1. The summed E-state index contributed by atoms with van der Waals surface area (Å²) in [5.74, 6) is -2.29. The van der Waals surface area contributed by atoms with Crippen LogP contribution in [0, 0.1) is 34.5 Å². The van der Waals surface area contributed by atoms with E-state index in [1.807, 2.05) is 30.3 Å². The van der Waals surface area contributed by atoms with Crippen LogP contribution in [0.3, 0.4) is 0 Å². The molecule has 4 aliphatic carbocycles.